The van der Waals surface area contributed by atoms with Gasteiger partial charge in [0.25, 0.3) is 5.19 Å². The molecule has 124 valence electrons. The molecule has 0 bridgehead atoms. The van der Waals surface area contributed by atoms with E-state index >= 15 is 0 Å². The van der Waals surface area contributed by atoms with Crippen LogP contribution in [-0.4, -0.2) is 39.2 Å². The maximum atomic E-state index is 9.57. The average Bonchev–Trinajstić information content (AvgIpc) is 3.01. The summed E-state index contributed by atoms with van der Waals surface area (Å²) in [6.45, 7) is 2.83. The summed E-state index contributed by atoms with van der Waals surface area (Å²) in [6, 6.07) is 10.1. The molecule has 0 saturated carbocycles. The molecule has 0 spiro atoms. The summed E-state index contributed by atoms with van der Waals surface area (Å²) in [5.74, 6) is 0.792. The Morgan fingerprint density at radius 1 is 1.17 bits per heavy atom. The van der Waals surface area contributed by atoms with E-state index < -0.39 is 0 Å². The molecule has 0 amide bonds. The number of likely N-dealkylation sites (tertiary alicyclic amines) is 1. The number of ether oxygens (including phenoxy) is 1. The third-order valence-corrected chi connectivity index (χ3v) is 5.18. The van der Waals surface area contributed by atoms with Crippen LogP contribution in [0.25, 0.3) is 10.2 Å². The van der Waals surface area contributed by atoms with Crippen molar-refractivity contribution in [2.24, 2.45) is 0 Å². The van der Waals surface area contributed by atoms with Gasteiger partial charge in [-0.3, -0.25) is 9.88 Å². The second kappa shape index (κ2) is 6.84. The van der Waals surface area contributed by atoms with Crippen LogP contribution >= 0.6 is 11.3 Å². The minimum atomic E-state index is -0.124. The zero-order valence-electron chi connectivity index (χ0n) is 13.3. The third kappa shape index (κ3) is 3.56. The molecule has 1 aromatic carbocycles. The highest BCUT2D eigenvalue weighted by atomic mass is 32.1. The Kier molecular flexibility index (Phi) is 4.42. The summed E-state index contributed by atoms with van der Waals surface area (Å²) in [6.07, 6.45) is 5.12. The highest BCUT2D eigenvalue weighted by Crippen LogP contribution is 2.30. The summed E-state index contributed by atoms with van der Waals surface area (Å²) >= 11 is 1.52. The summed E-state index contributed by atoms with van der Waals surface area (Å²) < 4.78 is 6.93. The highest BCUT2D eigenvalue weighted by Gasteiger charge is 2.16. The minimum Gasteiger partial charge on any atom is -0.431 e. The number of thiazole rings is 1. The van der Waals surface area contributed by atoms with Gasteiger partial charge in [0.05, 0.1) is 17.0 Å². The zero-order valence-corrected chi connectivity index (χ0v) is 14.1. The first kappa shape index (κ1) is 15.5. The van der Waals surface area contributed by atoms with Gasteiger partial charge < -0.3 is 9.84 Å². The Labute approximate surface area is 144 Å². The Balaban J connectivity index is 1.40. The van der Waals surface area contributed by atoms with Crippen molar-refractivity contribution in [3.63, 3.8) is 0 Å². The van der Waals surface area contributed by atoms with E-state index in [4.69, 9.17) is 4.74 Å². The van der Waals surface area contributed by atoms with Gasteiger partial charge in [-0.05, 0) is 36.6 Å². The van der Waals surface area contributed by atoms with Crippen molar-refractivity contribution >= 4 is 21.6 Å². The van der Waals surface area contributed by atoms with Crippen LogP contribution in [0.2, 0.25) is 0 Å². The predicted molar refractivity (Wildman–Crippen MR) is 94.4 cm³/mol. The molecule has 0 unspecified atom stereocenters. The van der Waals surface area contributed by atoms with Crippen molar-refractivity contribution < 1.29 is 9.84 Å². The molecule has 24 heavy (non-hydrogen) atoms. The molecule has 5 nitrogen and oxygen atoms in total. The molecule has 2 aromatic heterocycles. The van der Waals surface area contributed by atoms with Crippen LogP contribution in [0.3, 0.4) is 0 Å². The third-order valence-electron chi connectivity index (χ3n) is 4.26. The lowest BCUT2D eigenvalue weighted by atomic mass is 10.1. The maximum Gasteiger partial charge on any atom is 0.279 e. The second-order valence-electron chi connectivity index (χ2n) is 6.08. The molecule has 0 atom stereocenters. The van der Waals surface area contributed by atoms with Gasteiger partial charge in [0, 0.05) is 25.8 Å². The first-order valence-electron chi connectivity index (χ1n) is 8.14. The van der Waals surface area contributed by atoms with Crippen molar-refractivity contribution in [1.82, 2.24) is 14.9 Å². The van der Waals surface area contributed by atoms with Crippen molar-refractivity contribution in [3.8, 4) is 10.9 Å². The topological polar surface area (TPSA) is 58.5 Å². The van der Waals surface area contributed by atoms with Gasteiger partial charge in [-0.1, -0.05) is 23.5 Å². The molecule has 1 aliphatic rings. The van der Waals surface area contributed by atoms with Gasteiger partial charge in [0.15, 0.2) is 0 Å². The Hall–Kier alpha value is -2.02. The molecule has 1 aliphatic heterocycles. The van der Waals surface area contributed by atoms with Crippen molar-refractivity contribution in [1.29, 1.82) is 0 Å². The second-order valence-corrected chi connectivity index (χ2v) is 7.07. The number of aliphatic hydroxyl groups is 1. The average molecular weight is 341 g/mol. The largest absolute Gasteiger partial charge is 0.431 e. The summed E-state index contributed by atoms with van der Waals surface area (Å²) in [4.78, 5) is 10.9. The van der Waals surface area contributed by atoms with Crippen LogP contribution in [0.1, 0.15) is 18.4 Å². The lowest BCUT2D eigenvalue weighted by Gasteiger charge is -2.29. The molecule has 6 heteroatoms. The number of aromatic nitrogens is 2. The standard InChI is InChI=1S/C18H19N3O2S/c22-14-6-9-21(10-7-14)12-13-1-3-15(4-2-13)23-18-20-16-11-19-8-5-17(16)24-18/h1-5,8,11,14,22H,6-7,9-10,12H2. The fraction of sp³-hybridized carbons (Fsp3) is 0.333. The highest BCUT2D eigenvalue weighted by molar-refractivity contribution is 7.20. The normalized spacial score (nSPS) is 16.5. The van der Waals surface area contributed by atoms with E-state index in [1.54, 1.807) is 12.4 Å². The zero-order chi connectivity index (χ0) is 16.4. The van der Waals surface area contributed by atoms with Crippen LogP contribution < -0.4 is 4.74 Å². The number of fused-ring (bicyclic) bond motifs is 1. The summed E-state index contributed by atoms with van der Waals surface area (Å²) in [5.41, 5.74) is 2.12. The van der Waals surface area contributed by atoms with Crippen LogP contribution in [0.4, 0.5) is 0 Å². The van der Waals surface area contributed by atoms with Crippen molar-refractivity contribution in [2.75, 3.05) is 13.1 Å². The van der Waals surface area contributed by atoms with Crippen molar-refractivity contribution in [2.45, 2.75) is 25.5 Å². The Morgan fingerprint density at radius 2 is 1.96 bits per heavy atom. The molecule has 0 aliphatic carbocycles. The van der Waals surface area contributed by atoms with Crippen LogP contribution in [0, 0.1) is 0 Å². The number of benzene rings is 1. The Morgan fingerprint density at radius 3 is 2.71 bits per heavy atom. The van der Waals surface area contributed by atoms with Gasteiger partial charge >= 0.3 is 0 Å². The van der Waals surface area contributed by atoms with E-state index in [0.29, 0.717) is 5.19 Å². The number of aliphatic hydroxyl groups excluding tert-OH is 1. The minimum absolute atomic E-state index is 0.124. The number of hydrogen-bond donors (Lipinski definition) is 1. The van der Waals surface area contributed by atoms with Gasteiger partial charge in [0.1, 0.15) is 11.3 Å². The number of pyridine rings is 1. The number of rotatable bonds is 4. The molecule has 1 saturated heterocycles. The first-order valence-corrected chi connectivity index (χ1v) is 8.96. The monoisotopic (exact) mass is 341 g/mol. The number of nitrogens with zero attached hydrogens (tertiary/aromatic N) is 3. The predicted octanol–water partition coefficient (Wildman–Crippen LogP) is 3.44. The van der Waals surface area contributed by atoms with E-state index in [1.807, 2.05) is 18.2 Å². The molecule has 3 heterocycles. The maximum absolute atomic E-state index is 9.57. The lowest BCUT2D eigenvalue weighted by Crippen LogP contribution is -2.35. The smallest absolute Gasteiger partial charge is 0.279 e. The van der Waals surface area contributed by atoms with Crippen LogP contribution in [-0.2, 0) is 6.54 Å². The summed E-state index contributed by atoms with van der Waals surface area (Å²) in [5, 5.41) is 10.2. The van der Waals surface area contributed by atoms with Gasteiger partial charge in [-0.2, -0.15) is 0 Å². The van der Waals surface area contributed by atoms with Gasteiger partial charge in [-0.15, -0.1) is 0 Å². The molecular weight excluding hydrogens is 322 g/mol. The molecule has 3 aromatic rings. The summed E-state index contributed by atoms with van der Waals surface area (Å²) in [7, 11) is 0. The molecule has 4 rings (SSSR count). The molecule has 1 N–H and O–H groups in total. The number of hydrogen-bond acceptors (Lipinski definition) is 6. The van der Waals surface area contributed by atoms with Crippen molar-refractivity contribution in [3.05, 3.63) is 48.3 Å². The lowest BCUT2D eigenvalue weighted by molar-refractivity contribution is 0.0792. The fourth-order valence-electron chi connectivity index (χ4n) is 2.90. The van der Waals surface area contributed by atoms with E-state index in [1.165, 1.54) is 16.9 Å². The molecule has 1 fully saturated rings. The fourth-order valence-corrected chi connectivity index (χ4v) is 3.70. The van der Waals surface area contributed by atoms with E-state index in [9.17, 15) is 5.11 Å². The number of piperidine rings is 1. The van der Waals surface area contributed by atoms with E-state index in [0.717, 1.165) is 48.4 Å². The SMILES string of the molecule is OC1CCN(Cc2ccc(Oc3nc4cnccc4s3)cc2)CC1. The van der Waals surface area contributed by atoms with Gasteiger partial charge in [-0.25, -0.2) is 4.98 Å². The quantitative estimate of drug-likeness (QED) is 0.788. The van der Waals surface area contributed by atoms with Gasteiger partial charge in [0.2, 0.25) is 0 Å². The van der Waals surface area contributed by atoms with Crippen LogP contribution in [0.15, 0.2) is 42.7 Å². The molecule has 0 radical (unpaired) electrons. The van der Waals surface area contributed by atoms with E-state index in [-0.39, 0.29) is 6.10 Å². The van der Waals surface area contributed by atoms with E-state index in [2.05, 4.69) is 27.0 Å². The Bertz CT molecular complexity index is 778. The van der Waals surface area contributed by atoms with Crippen LogP contribution in [0.5, 0.6) is 10.9 Å². The first-order chi connectivity index (χ1) is 11.8. The molecular formula is C18H19N3O2S.